The first kappa shape index (κ1) is 15.1. The molecule has 1 aromatic heterocycles. The van der Waals surface area contributed by atoms with E-state index in [2.05, 4.69) is 9.71 Å². The summed E-state index contributed by atoms with van der Waals surface area (Å²) in [5.41, 5.74) is -0.0589. The van der Waals surface area contributed by atoms with Crippen molar-refractivity contribution in [3.8, 4) is 0 Å². The number of aromatic nitrogens is 1. The molecule has 0 saturated carbocycles. The molecule has 0 fully saturated rings. The van der Waals surface area contributed by atoms with Crippen LogP contribution in [0.25, 0.3) is 0 Å². The van der Waals surface area contributed by atoms with Crippen molar-refractivity contribution >= 4 is 27.3 Å². The zero-order valence-corrected chi connectivity index (χ0v) is 11.8. The minimum atomic E-state index is -3.32. The molecule has 0 radical (unpaired) electrons. The van der Waals surface area contributed by atoms with Crippen LogP contribution in [0.4, 0.5) is 0 Å². The lowest BCUT2D eigenvalue weighted by Crippen LogP contribution is -2.26. The van der Waals surface area contributed by atoms with Gasteiger partial charge >= 0.3 is 5.97 Å². The molecule has 6 nitrogen and oxygen atoms in total. The fourth-order valence-electron chi connectivity index (χ4n) is 1.13. The zero-order valence-electron chi connectivity index (χ0n) is 10.2. The van der Waals surface area contributed by atoms with Crippen LogP contribution in [0.1, 0.15) is 35.8 Å². The van der Waals surface area contributed by atoms with Crippen LogP contribution < -0.4 is 4.72 Å². The lowest BCUT2D eigenvalue weighted by atomic mass is 10.2. The van der Waals surface area contributed by atoms with Gasteiger partial charge in [-0.25, -0.2) is 22.9 Å². The molecule has 102 valence electrons. The first-order valence-corrected chi connectivity index (χ1v) is 7.98. The standard InChI is InChI=1S/C10H16N2O4S2/c1-7(2)3-4-18(15,16)11-5-9-12-8(6-17-9)10(13)14/h6-7,11H,3-5H2,1-2H3,(H,13,14). The lowest BCUT2D eigenvalue weighted by molar-refractivity contribution is 0.0691. The number of carboxylic acid groups (broad SMARTS) is 1. The highest BCUT2D eigenvalue weighted by Crippen LogP contribution is 2.10. The van der Waals surface area contributed by atoms with Crippen molar-refractivity contribution in [3.05, 3.63) is 16.1 Å². The molecule has 0 spiro atoms. The Labute approximate surface area is 110 Å². The van der Waals surface area contributed by atoms with Gasteiger partial charge in [-0.1, -0.05) is 13.8 Å². The van der Waals surface area contributed by atoms with E-state index in [0.717, 1.165) is 11.3 Å². The predicted molar refractivity (Wildman–Crippen MR) is 69.2 cm³/mol. The fourth-order valence-corrected chi connectivity index (χ4v) is 3.21. The molecular formula is C10H16N2O4S2. The summed E-state index contributed by atoms with van der Waals surface area (Å²) >= 11 is 1.12. The Morgan fingerprint density at radius 2 is 2.22 bits per heavy atom. The number of carboxylic acids is 1. The maximum atomic E-state index is 11.6. The summed E-state index contributed by atoms with van der Waals surface area (Å²) in [5.74, 6) is -0.720. The van der Waals surface area contributed by atoms with Crippen LogP contribution in [-0.4, -0.2) is 30.2 Å². The second-order valence-electron chi connectivity index (χ2n) is 4.25. The number of carbonyl (C=O) groups is 1. The highest BCUT2D eigenvalue weighted by atomic mass is 32.2. The van der Waals surface area contributed by atoms with Crippen LogP contribution in [-0.2, 0) is 16.6 Å². The highest BCUT2D eigenvalue weighted by Gasteiger charge is 2.13. The number of nitrogens with zero attached hydrogens (tertiary/aromatic N) is 1. The second-order valence-corrected chi connectivity index (χ2v) is 7.12. The number of thiazole rings is 1. The topological polar surface area (TPSA) is 96.4 Å². The molecule has 0 unspecified atom stereocenters. The first-order valence-electron chi connectivity index (χ1n) is 5.45. The van der Waals surface area contributed by atoms with E-state index in [9.17, 15) is 13.2 Å². The minimum Gasteiger partial charge on any atom is -0.476 e. The Balaban J connectivity index is 2.51. The average Bonchev–Trinajstić information content (AvgIpc) is 2.73. The van der Waals surface area contributed by atoms with Gasteiger partial charge in [0.25, 0.3) is 0 Å². The van der Waals surface area contributed by atoms with Crippen molar-refractivity contribution in [2.24, 2.45) is 5.92 Å². The summed E-state index contributed by atoms with van der Waals surface area (Å²) < 4.78 is 25.6. The van der Waals surface area contributed by atoms with Crippen molar-refractivity contribution < 1.29 is 18.3 Å². The lowest BCUT2D eigenvalue weighted by Gasteiger charge is -2.06. The normalized spacial score (nSPS) is 11.9. The van der Waals surface area contributed by atoms with Gasteiger partial charge in [0.05, 0.1) is 12.3 Å². The minimum absolute atomic E-state index is 0.0401. The third-order valence-corrected chi connectivity index (χ3v) is 4.38. The quantitative estimate of drug-likeness (QED) is 0.789. The number of nitrogens with one attached hydrogen (secondary N) is 1. The number of rotatable bonds is 7. The van der Waals surface area contributed by atoms with Crippen molar-refractivity contribution in [2.75, 3.05) is 5.75 Å². The van der Waals surface area contributed by atoms with Crippen LogP contribution in [0.2, 0.25) is 0 Å². The molecule has 0 atom stereocenters. The van der Waals surface area contributed by atoms with Crippen molar-refractivity contribution in [1.29, 1.82) is 0 Å². The Bertz CT molecular complexity index is 508. The van der Waals surface area contributed by atoms with Gasteiger partial charge in [0.1, 0.15) is 5.01 Å². The molecule has 0 aromatic carbocycles. The Kier molecular flexibility index (Phi) is 5.24. The largest absolute Gasteiger partial charge is 0.476 e. The maximum Gasteiger partial charge on any atom is 0.355 e. The Morgan fingerprint density at radius 3 is 2.72 bits per heavy atom. The van der Waals surface area contributed by atoms with E-state index < -0.39 is 16.0 Å². The van der Waals surface area contributed by atoms with E-state index in [0.29, 0.717) is 17.3 Å². The Hall–Kier alpha value is -0.990. The molecule has 1 rings (SSSR count). The summed E-state index contributed by atoms with van der Waals surface area (Å²) in [6.07, 6.45) is 0.591. The molecule has 0 amide bonds. The Morgan fingerprint density at radius 1 is 1.56 bits per heavy atom. The number of sulfonamides is 1. The fraction of sp³-hybridized carbons (Fsp3) is 0.600. The van der Waals surface area contributed by atoms with Gasteiger partial charge in [-0.05, 0) is 12.3 Å². The molecule has 1 heterocycles. The highest BCUT2D eigenvalue weighted by molar-refractivity contribution is 7.89. The van der Waals surface area contributed by atoms with Gasteiger partial charge in [-0.3, -0.25) is 0 Å². The summed E-state index contributed by atoms with van der Waals surface area (Å²) in [6, 6.07) is 0. The van der Waals surface area contributed by atoms with Gasteiger partial charge in [0.2, 0.25) is 10.0 Å². The SMILES string of the molecule is CC(C)CCS(=O)(=O)NCc1nc(C(=O)O)cs1. The van der Waals surface area contributed by atoms with Gasteiger partial charge in [-0.2, -0.15) is 0 Å². The molecule has 0 aliphatic carbocycles. The van der Waals surface area contributed by atoms with Crippen LogP contribution in [0.15, 0.2) is 5.38 Å². The van der Waals surface area contributed by atoms with Gasteiger partial charge in [0.15, 0.2) is 5.69 Å². The van der Waals surface area contributed by atoms with E-state index in [1.54, 1.807) is 0 Å². The number of hydrogen-bond acceptors (Lipinski definition) is 5. The molecule has 0 bridgehead atoms. The maximum absolute atomic E-state index is 11.6. The monoisotopic (exact) mass is 292 g/mol. The molecule has 0 aliphatic heterocycles. The summed E-state index contributed by atoms with van der Waals surface area (Å²) in [4.78, 5) is 14.4. The van der Waals surface area contributed by atoms with E-state index >= 15 is 0 Å². The molecule has 18 heavy (non-hydrogen) atoms. The van der Waals surface area contributed by atoms with Crippen LogP contribution >= 0.6 is 11.3 Å². The van der Waals surface area contributed by atoms with Crippen molar-refractivity contribution in [3.63, 3.8) is 0 Å². The molecule has 0 aliphatic rings. The third kappa shape index (κ3) is 5.11. The first-order chi connectivity index (χ1) is 8.30. The summed E-state index contributed by atoms with van der Waals surface area (Å²) in [7, 11) is -3.32. The molecule has 2 N–H and O–H groups in total. The summed E-state index contributed by atoms with van der Waals surface area (Å²) in [6.45, 7) is 3.95. The van der Waals surface area contributed by atoms with Crippen molar-refractivity contribution in [2.45, 2.75) is 26.8 Å². The molecule has 1 aromatic rings. The second kappa shape index (κ2) is 6.26. The average molecular weight is 292 g/mol. The van der Waals surface area contributed by atoms with E-state index in [-0.39, 0.29) is 18.0 Å². The van der Waals surface area contributed by atoms with Gasteiger partial charge < -0.3 is 5.11 Å². The van der Waals surface area contributed by atoms with E-state index in [1.165, 1.54) is 5.38 Å². The molecule has 0 saturated heterocycles. The zero-order chi connectivity index (χ0) is 13.8. The van der Waals surface area contributed by atoms with Crippen molar-refractivity contribution in [1.82, 2.24) is 9.71 Å². The number of hydrogen-bond donors (Lipinski definition) is 2. The van der Waals surface area contributed by atoms with Crippen LogP contribution in [0, 0.1) is 5.92 Å². The summed E-state index contributed by atoms with van der Waals surface area (Å²) in [5, 5.41) is 10.5. The van der Waals surface area contributed by atoms with Gasteiger partial charge in [0, 0.05) is 5.38 Å². The smallest absolute Gasteiger partial charge is 0.355 e. The number of aromatic carboxylic acids is 1. The molecule has 8 heteroatoms. The van der Waals surface area contributed by atoms with Crippen LogP contribution in [0.3, 0.4) is 0 Å². The van der Waals surface area contributed by atoms with Gasteiger partial charge in [-0.15, -0.1) is 11.3 Å². The van der Waals surface area contributed by atoms with Crippen LogP contribution in [0.5, 0.6) is 0 Å². The van der Waals surface area contributed by atoms with E-state index in [1.807, 2.05) is 13.8 Å². The molecular weight excluding hydrogens is 276 g/mol. The predicted octanol–water partition coefficient (Wildman–Crippen LogP) is 1.31. The third-order valence-electron chi connectivity index (χ3n) is 2.18. The van der Waals surface area contributed by atoms with E-state index in [4.69, 9.17) is 5.11 Å².